The van der Waals surface area contributed by atoms with Crippen molar-refractivity contribution in [2.24, 2.45) is 0 Å². The van der Waals surface area contributed by atoms with E-state index in [0.717, 1.165) is 4.88 Å². The molecule has 0 atom stereocenters. The molecule has 0 aliphatic rings. The van der Waals surface area contributed by atoms with Gasteiger partial charge >= 0.3 is 0 Å². The number of rotatable bonds is 3. The number of thiophene rings is 1. The Hall–Kier alpha value is -2.74. The summed E-state index contributed by atoms with van der Waals surface area (Å²) in [5, 5.41) is 16.6. The summed E-state index contributed by atoms with van der Waals surface area (Å²) < 4.78 is 5.13. The van der Waals surface area contributed by atoms with Gasteiger partial charge in [-0.25, -0.2) is 0 Å². The predicted octanol–water partition coefficient (Wildman–Crippen LogP) is 2.96. The average Bonchev–Trinajstić information content (AvgIpc) is 3.09. The molecule has 0 saturated carbocycles. The van der Waals surface area contributed by atoms with Crippen LogP contribution >= 0.6 is 11.3 Å². The van der Waals surface area contributed by atoms with E-state index in [2.05, 4.69) is 10.1 Å². The molecular weight excluding hydrogens is 280 g/mol. The van der Waals surface area contributed by atoms with E-state index in [0.29, 0.717) is 11.4 Å². The van der Waals surface area contributed by atoms with Crippen molar-refractivity contribution in [3.63, 3.8) is 0 Å². The molecule has 0 aliphatic heterocycles. The zero-order valence-electron chi connectivity index (χ0n) is 10.0. The predicted molar refractivity (Wildman–Crippen MR) is 74.1 cm³/mol. The van der Waals surface area contributed by atoms with Crippen molar-refractivity contribution < 1.29 is 9.45 Å². The highest BCUT2D eigenvalue weighted by molar-refractivity contribution is 7.13. The summed E-state index contributed by atoms with van der Waals surface area (Å²) in [6.45, 7) is 0. The van der Waals surface area contributed by atoms with Crippen molar-refractivity contribution >= 4 is 22.7 Å². The van der Waals surface area contributed by atoms with Gasteiger partial charge in [0.25, 0.3) is 11.6 Å². The van der Waals surface area contributed by atoms with Gasteiger partial charge in [0, 0.05) is 11.6 Å². The Balaban J connectivity index is 2.02. The summed E-state index contributed by atoms with van der Waals surface area (Å²) in [7, 11) is 0. The minimum atomic E-state index is -0.546. The van der Waals surface area contributed by atoms with Gasteiger partial charge in [-0.15, -0.1) is 11.3 Å². The van der Waals surface area contributed by atoms with Crippen LogP contribution in [-0.2, 0) is 0 Å². The molecule has 8 heteroatoms. The van der Waals surface area contributed by atoms with Crippen molar-refractivity contribution in [2.45, 2.75) is 0 Å². The lowest BCUT2D eigenvalue weighted by Gasteiger charge is -1.98. The van der Waals surface area contributed by atoms with E-state index in [9.17, 15) is 10.1 Å². The van der Waals surface area contributed by atoms with Crippen molar-refractivity contribution in [1.82, 2.24) is 10.1 Å². The van der Waals surface area contributed by atoms with E-state index in [1.54, 1.807) is 6.07 Å². The van der Waals surface area contributed by atoms with Gasteiger partial charge in [0.2, 0.25) is 5.82 Å². The molecule has 0 unspecified atom stereocenters. The molecule has 20 heavy (non-hydrogen) atoms. The smallest absolute Gasteiger partial charge is 0.292 e. The zero-order chi connectivity index (χ0) is 14.1. The van der Waals surface area contributed by atoms with Crippen LogP contribution in [0.3, 0.4) is 0 Å². The third kappa shape index (κ3) is 2.12. The topological polar surface area (TPSA) is 108 Å². The number of anilines is 1. The molecule has 3 aromatic rings. The molecule has 0 fully saturated rings. The second-order valence-electron chi connectivity index (χ2n) is 3.93. The number of nitrogens with two attached hydrogens (primary N) is 1. The molecule has 2 N–H and O–H groups in total. The molecule has 0 saturated heterocycles. The van der Waals surface area contributed by atoms with Crippen molar-refractivity contribution in [2.75, 3.05) is 5.73 Å². The zero-order valence-corrected chi connectivity index (χ0v) is 10.8. The number of nitrogens with zero attached hydrogens (tertiary/aromatic N) is 3. The first-order valence-electron chi connectivity index (χ1n) is 5.57. The maximum absolute atomic E-state index is 10.9. The highest BCUT2D eigenvalue weighted by Crippen LogP contribution is 2.29. The van der Waals surface area contributed by atoms with Crippen molar-refractivity contribution in [3.8, 4) is 22.2 Å². The Bertz CT molecular complexity index is 767. The summed E-state index contributed by atoms with van der Waals surface area (Å²) in [5.74, 6) is 0.672. The molecule has 0 spiro atoms. The number of hydrogen-bond acceptors (Lipinski definition) is 7. The number of aromatic nitrogens is 2. The summed E-state index contributed by atoms with van der Waals surface area (Å²) >= 11 is 1.48. The van der Waals surface area contributed by atoms with E-state index in [1.165, 1.54) is 23.5 Å². The van der Waals surface area contributed by atoms with Gasteiger partial charge in [-0.05, 0) is 23.6 Å². The molecule has 1 aromatic carbocycles. The molecule has 0 radical (unpaired) electrons. The molecule has 0 amide bonds. The van der Waals surface area contributed by atoms with Gasteiger partial charge in [-0.3, -0.25) is 10.1 Å². The summed E-state index contributed by atoms with van der Waals surface area (Å²) in [5.41, 5.74) is 5.92. The first kappa shape index (κ1) is 12.3. The monoisotopic (exact) mass is 288 g/mol. The van der Waals surface area contributed by atoms with Crippen LogP contribution in [0, 0.1) is 10.1 Å². The van der Waals surface area contributed by atoms with Gasteiger partial charge in [-0.1, -0.05) is 11.2 Å². The fourth-order valence-electron chi connectivity index (χ4n) is 1.68. The van der Waals surface area contributed by atoms with Gasteiger partial charge in [0.15, 0.2) is 0 Å². The first-order chi connectivity index (χ1) is 9.65. The molecular formula is C12H8N4O3S. The molecule has 100 valence electrons. The molecule has 7 nitrogen and oxygen atoms in total. The Morgan fingerprint density at radius 3 is 2.90 bits per heavy atom. The minimum absolute atomic E-state index is 0.0942. The van der Waals surface area contributed by atoms with Gasteiger partial charge in [-0.2, -0.15) is 4.98 Å². The maximum Gasteiger partial charge on any atom is 0.292 e. The van der Waals surface area contributed by atoms with Gasteiger partial charge < -0.3 is 10.3 Å². The van der Waals surface area contributed by atoms with Crippen LogP contribution in [0.4, 0.5) is 11.4 Å². The first-order valence-corrected chi connectivity index (χ1v) is 6.45. The quantitative estimate of drug-likeness (QED) is 0.451. The van der Waals surface area contributed by atoms with Crippen molar-refractivity contribution in [3.05, 3.63) is 45.8 Å². The lowest BCUT2D eigenvalue weighted by Crippen LogP contribution is -1.95. The van der Waals surface area contributed by atoms with Crippen LogP contribution in [0.5, 0.6) is 0 Å². The van der Waals surface area contributed by atoms with Crippen LogP contribution < -0.4 is 5.73 Å². The molecule has 2 heterocycles. The fourth-order valence-corrected chi connectivity index (χ4v) is 2.33. The Morgan fingerprint density at radius 2 is 2.20 bits per heavy atom. The average molecular weight is 288 g/mol. The van der Waals surface area contributed by atoms with E-state index < -0.39 is 4.92 Å². The van der Waals surface area contributed by atoms with Crippen LogP contribution in [-0.4, -0.2) is 15.1 Å². The van der Waals surface area contributed by atoms with Crippen LogP contribution in [0.1, 0.15) is 0 Å². The second kappa shape index (κ2) is 4.74. The lowest BCUT2D eigenvalue weighted by molar-refractivity contribution is -0.383. The van der Waals surface area contributed by atoms with E-state index >= 15 is 0 Å². The Morgan fingerprint density at radius 1 is 1.35 bits per heavy atom. The number of nitro benzene ring substituents is 1. The normalized spacial score (nSPS) is 10.6. The van der Waals surface area contributed by atoms with E-state index in [4.69, 9.17) is 10.3 Å². The fraction of sp³-hybridized carbons (Fsp3) is 0. The molecule has 3 rings (SSSR count). The number of benzene rings is 1. The third-order valence-corrected chi connectivity index (χ3v) is 3.51. The summed E-state index contributed by atoms with van der Waals surface area (Å²) in [6, 6.07) is 8.12. The standard InChI is InChI=1S/C12H8N4O3S/c13-8-4-3-7(6-9(8)16(17)18)12-14-11(15-19-12)10-2-1-5-20-10/h1-6H,13H2. The number of nitrogen functional groups attached to an aromatic ring is 1. The van der Waals surface area contributed by atoms with Crippen molar-refractivity contribution in [1.29, 1.82) is 0 Å². The lowest BCUT2D eigenvalue weighted by atomic mass is 10.2. The highest BCUT2D eigenvalue weighted by atomic mass is 32.1. The number of hydrogen-bond donors (Lipinski definition) is 1. The van der Waals surface area contributed by atoms with Crippen LogP contribution in [0.2, 0.25) is 0 Å². The highest BCUT2D eigenvalue weighted by Gasteiger charge is 2.17. The SMILES string of the molecule is Nc1ccc(-c2nc(-c3cccs3)no2)cc1[N+](=O)[O-]. The van der Waals surface area contributed by atoms with Gasteiger partial charge in [0.05, 0.1) is 9.80 Å². The van der Waals surface area contributed by atoms with E-state index in [1.807, 2.05) is 17.5 Å². The Labute approximate surface area is 116 Å². The molecule has 2 aromatic heterocycles. The summed E-state index contributed by atoms with van der Waals surface area (Å²) in [6.07, 6.45) is 0. The Kier molecular flexibility index (Phi) is 2.92. The maximum atomic E-state index is 10.9. The number of nitro groups is 1. The second-order valence-corrected chi connectivity index (χ2v) is 4.88. The van der Waals surface area contributed by atoms with Crippen LogP contribution in [0.25, 0.3) is 22.2 Å². The summed E-state index contributed by atoms with van der Waals surface area (Å²) in [4.78, 5) is 15.4. The van der Waals surface area contributed by atoms with Gasteiger partial charge in [0.1, 0.15) is 5.69 Å². The van der Waals surface area contributed by atoms with Crippen LogP contribution in [0.15, 0.2) is 40.2 Å². The molecule has 0 bridgehead atoms. The minimum Gasteiger partial charge on any atom is -0.393 e. The van der Waals surface area contributed by atoms with E-state index in [-0.39, 0.29) is 17.3 Å². The molecule has 0 aliphatic carbocycles. The third-order valence-electron chi connectivity index (χ3n) is 2.64. The largest absolute Gasteiger partial charge is 0.393 e.